The number of benzene rings is 3. The topological polar surface area (TPSA) is 46.6 Å². The van der Waals surface area contributed by atoms with Crippen molar-refractivity contribution in [1.82, 2.24) is 4.90 Å². The van der Waals surface area contributed by atoms with Gasteiger partial charge in [0.1, 0.15) is 12.4 Å². The van der Waals surface area contributed by atoms with E-state index in [-0.39, 0.29) is 28.3 Å². The Kier molecular flexibility index (Phi) is 6.05. The molecule has 3 aromatic carbocycles. The molecule has 0 saturated carbocycles. The van der Waals surface area contributed by atoms with Crippen molar-refractivity contribution in [2.45, 2.75) is 65.9 Å². The summed E-state index contributed by atoms with van der Waals surface area (Å²) in [6, 6.07) is 22.7. The molecule has 0 saturated heterocycles. The van der Waals surface area contributed by atoms with E-state index in [1.165, 1.54) is 10.8 Å². The average Bonchev–Trinajstić information content (AvgIpc) is 2.88. The number of rotatable bonds is 4. The van der Waals surface area contributed by atoms with Crippen LogP contribution in [-0.2, 0) is 16.2 Å². The first-order valence-corrected chi connectivity index (χ1v) is 14.0. The van der Waals surface area contributed by atoms with Gasteiger partial charge in [0.2, 0.25) is 0 Å². The normalized spacial score (nSPS) is 20.8. The Morgan fingerprint density at radius 3 is 1.92 bits per heavy atom. The SMILES string of the molecule is CN1C2=C(C(=O)CC(C)(C)C2)C(c2ccc(OCc3cccc4ccccc34)cc2)C2=C1CC(C)(C)CC2=O. The van der Waals surface area contributed by atoms with Gasteiger partial charge in [0, 0.05) is 48.3 Å². The van der Waals surface area contributed by atoms with E-state index in [4.69, 9.17) is 4.74 Å². The van der Waals surface area contributed by atoms with Gasteiger partial charge in [-0.25, -0.2) is 0 Å². The molecule has 3 aromatic rings. The standard InChI is InChI=1S/C35H37NO3/c1-34(2)17-27-32(29(37)19-34)31(33-28(36(27)5)18-35(3,4)20-30(33)38)23-13-15-25(16-14-23)39-21-24-11-8-10-22-9-6-7-12-26(22)24/h6-16,31H,17-21H2,1-5H3. The van der Waals surface area contributed by atoms with Gasteiger partial charge in [0.25, 0.3) is 0 Å². The summed E-state index contributed by atoms with van der Waals surface area (Å²) in [5.41, 5.74) is 5.73. The predicted molar refractivity (Wildman–Crippen MR) is 155 cm³/mol. The summed E-state index contributed by atoms with van der Waals surface area (Å²) < 4.78 is 6.20. The van der Waals surface area contributed by atoms with E-state index >= 15 is 0 Å². The van der Waals surface area contributed by atoms with E-state index in [0.717, 1.165) is 52.3 Å². The van der Waals surface area contributed by atoms with Crippen molar-refractivity contribution >= 4 is 22.3 Å². The monoisotopic (exact) mass is 519 g/mol. The van der Waals surface area contributed by atoms with Gasteiger partial charge < -0.3 is 9.64 Å². The molecule has 1 heterocycles. The van der Waals surface area contributed by atoms with Gasteiger partial charge in [0.15, 0.2) is 11.6 Å². The lowest BCUT2D eigenvalue weighted by atomic mass is 9.64. The highest BCUT2D eigenvalue weighted by Gasteiger charge is 2.48. The number of nitrogens with zero attached hydrogens (tertiary/aromatic N) is 1. The molecule has 2 aliphatic carbocycles. The van der Waals surface area contributed by atoms with Gasteiger partial charge in [-0.05, 0) is 57.7 Å². The Labute approximate surface area is 231 Å². The molecule has 0 N–H and O–H groups in total. The highest BCUT2D eigenvalue weighted by atomic mass is 16.5. The summed E-state index contributed by atoms with van der Waals surface area (Å²) in [6.07, 6.45) is 2.67. The number of hydrogen-bond acceptors (Lipinski definition) is 4. The number of ether oxygens (including phenoxy) is 1. The van der Waals surface area contributed by atoms with Crippen molar-refractivity contribution in [2.24, 2.45) is 10.8 Å². The van der Waals surface area contributed by atoms with Crippen LogP contribution in [0.4, 0.5) is 0 Å². The van der Waals surface area contributed by atoms with E-state index in [1.807, 2.05) is 30.3 Å². The molecule has 4 nitrogen and oxygen atoms in total. The van der Waals surface area contributed by atoms with Crippen LogP contribution in [0.5, 0.6) is 5.75 Å². The average molecular weight is 520 g/mol. The molecule has 0 unspecified atom stereocenters. The number of allylic oxidation sites excluding steroid dienone is 4. The first-order valence-electron chi connectivity index (χ1n) is 14.0. The minimum atomic E-state index is -0.314. The maximum atomic E-state index is 13.7. The molecule has 0 radical (unpaired) electrons. The van der Waals surface area contributed by atoms with Gasteiger partial charge in [-0.2, -0.15) is 0 Å². The summed E-state index contributed by atoms with van der Waals surface area (Å²) in [6.45, 7) is 9.14. The Bertz CT molecular complexity index is 1500. The fourth-order valence-corrected chi connectivity index (χ4v) is 6.83. The molecule has 1 aliphatic heterocycles. The number of ketones is 2. The zero-order chi connectivity index (χ0) is 27.5. The number of Topliss-reactive ketones (excluding diaryl/α,β-unsaturated/α-hetero) is 2. The number of carbonyl (C=O) groups is 2. The van der Waals surface area contributed by atoms with E-state index in [1.54, 1.807) is 0 Å². The Morgan fingerprint density at radius 1 is 0.744 bits per heavy atom. The van der Waals surface area contributed by atoms with Crippen LogP contribution in [0.2, 0.25) is 0 Å². The third kappa shape index (κ3) is 4.60. The molecule has 0 bridgehead atoms. The van der Waals surface area contributed by atoms with Crippen LogP contribution in [0.25, 0.3) is 10.8 Å². The lowest BCUT2D eigenvalue weighted by molar-refractivity contribution is -0.119. The summed E-state index contributed by atoms with van der Waals surface area (Å²) in [4.78, 5) is 29.5. The van der Waals surface area contributed by atoms with Crippen molar-refractivity contribution in [2.75, 3.05) is 7.05 Å². The Morgan fingerprint density at radius 2 is 1.31 bits per heavy atom. The van der Waals surface area contributed by atoms with E-state index in [2.05, 4.69) is 76.0 Å². The van der Waals surface area contributed by atoms with Crippen molar-refractivity contribution in [3.63, 3.8) is 0 Å². The van der Waals surface area contributed by atoms with Crippen LogP contribution in [-0.4, -0.2) is 23.5 Å². The Balaban J connectivity index is 1.35. The van der Waals surface area contributed by atoms with Crippen LogP contribution in [0.3, 0.4) is 0 Å². The van der Waals surface area contributed by atoms with E-state index in [0.29, 0.717) is 19.4 Å². The molecule has 4 heteroatoms. The second-order valence-corrected chi connectivity index (χ2v) is 13.1. The largest absolute Gasteiger partial charge is 0.489 e. The zero-order valence-corrected chi connectivity index (χ0v) is 23.6. The molecule has 3 aliphatic rings. The third-order valence-corrected chi connectivity index (χ3v) is 8.67. The van der Waals surface area contributed by atoms with Gasteiger partial charge in [-0.3, -0.25) is 9.59 Å². The molecule has 0 spiro atoms. The van der Waals surface area contributed by atoms with Gasteiger partial charge >= 0.3 is 0 Å². The first kappa shape index (κ1) is 25.6. The van der Waals surface area contributed by atoms with Crippen molar-refractivity contribution in [3.05, 3.63) is 100 Å². The number of hydrogen-bond donors (Lipinski definition) is 0. The summed E-state index contributed by atoms with van der Waals surface area (Å²) in [5.74, 6) is 0.790. The molecule has 0 fully saturated rings. The minimum Gasteiger partial charge on any atom is -0.489 e. The second-order valence-electron chi connectivity index (χ2n) is 13.1. The van der Waals surface area contributed by atoms with Crippen LogP contribution < -0.4 is 4.74 Å². The Hall–Kier alpha value is -3.66. The molecular formula is C35H37NO3. The lowest BCUT2D eigenvalue weighted by Crippen LogP contribution is -2.43. The van der Waals surface area contributed by atoms with Gasteiger partial charge in [-0.15, -0.1) is 0 Å². The summed E-state index contributed by atoms with van der Waals surface area (Å²) in [7, 11) is 2.05. The predicted octanol–water partition coefficient (Wildman–Crippen LogP) is 7.73. The molecule has 0 aromatic heterocycles. The molecule has 39 heavy (non-hydrogen) atoms. The van der Waals surface area contributed by atoms with Crippen LogP contribution in [0.15, 0.2) is 89.3 Å². The summed E-state index contributed by atoms with van der Waals surface area (Å²) >= 11 is 0. The molecular weight excluding hydrogens is 482 g/mol. The summed E-state index contributed by atoms with van der Waals surface area (Å²) in [5, 5.41) is 2.39. The molecule has 0 amide bonds. The highest BCUT2D eigenvalue weighted by molar-refractivity contribution is 6.06. The maximum absolute atomic E-state index is 13.7. The highest BCUT2D eigenvalue weighted by Crippen LogP contribution is 2.54. The third-order valence-electron chi connectivity index (χ3n) is 8.67. The smallest absolute Gasteiger partial charge is 0.162 e. The van der Waals surface area contributed by atoms with Gasteiger partial charge in [-0.1, -0.05) is 82.3 Å². The van der Waals surface area contributed by atoms with Crippen molar-refractivity contribution in [1.29, 1.82) is 0 Å². The van der Waals surface area contributed by atoms with Crippen LogP contribution in [0.1, 0.15) is 70.4 Å². The fourth-order valence-electron chi connectivity index (χ4n) is 6.83. The quantitative estimate of drug-likeness (QED) is 0.354. The number of carbonyl (C=O) groups excluding carboxylic acids is 2. The van der Waals surface area contributed by atoms with Gasteiger partial charge in [0.05, 0.1) is 0 Å². The minimum absolute atomic E-state index is 0.0969. The lowest BCUT2D eigenvalue weighted by Gasteiger charge is -2.47. The van der Waals surface area contributed by atoms with Crippen molar-refractivity contribution < 1.29 is 14.3 Å². The first-order chi connectivity index (χ1) is 18.5. The molecule has 6 rings (SSSR count). The van der Waals surface area contributed by atoms with Crippen LogP contribution in [0, 0.1) is 10.8 Å². The maximum Gasteiger partial charge on any atom is 0.162 e. The van der Waals surface area contributed by atoms with Crippen LogP contribution >= 0.6 is 0 Å². The van der Waals surface area contributed by atoms with E-state index < -0.39 is 0 Å². The van der Waals surface area contributed by atoms with E-state index in [9.17, 15) is 9.59 Å². The number of fused-ring (bicyclic) bond motifs is 1. The molecule has 200 valence electrons. The fraction of sp³-hybridized carbons (Fsp3) is 0.371. The zero-order valence-electron chi connectivity index (χ0n) is 23.6. The van der Waals surface area contributed by atoms with Crippen molar-refractivity contribution in [3.8, 4) is 5.75 Å². The molecule has 0 atom stereocenters. The second kappa shape index (κ2) is 9.22.